The maximum absolute atomic E-state index is 11.5. The Balaban J connectivity index is 2.42. The lowest BCUT2D eigenvalue weighted by atomic mass is 10.1. The summed E-state index contributed by atoms with van der Waals surface area (Å²) in [5.74, 6) is -1.59. The highest BCUT2D eigenvalue weighted by molar-refractivity contribution is 8.15. The zero-order valence-corrected chi connectivity index (χ0v) is 12.7. The topological polar surface area (TPSA) is 94.0 Å². The van der Waals surface area contributed by atoms with Crippen molar-refractivity contribution in [3.63, 3.8) is 0 Å². The summed E-state index contributed by atoms with van der Waals surface area (Å²) in [6.07, 6.45) is 5.26. The Labute approximate surface area is 123 Å². The molecule has 7 heteroatoms. The van der Waals surface area contributed by atoms with Gasteiger partial charge in [-0.3, -0.25) is 4.79 Å². The van der Waals surface area contributed by atoms with Crippen LogP contribution in [0.25, 0.3) is 0 Å². The first-order chi connectivity index (χ1) is 9.52. The number of aliphatic carboxylic acids is 1. The Morgan fingerprint density at radius 2 is 2.15 bits per heavy atom. The first-order valence-electron chi connectivity index (χ1n) is 6.81. The number of nitrogens with zero attached hydrogens (tertiary/aromatic N) is 2. The lowest BCUT2D eigenvalue weighted by Crippen LogP contribution is -2.31. The third-order valence-corrected chi connectivity index (χ3v) is 3.90. The van der Waals surface area contributed by atoms with E-state index in [9.17, 15) is 14.7 Å². The zero-order chi connectivity index (χ0) is 15.0. The van der Waals surface area contributed by atoms with Crippen LogP contribution in [0.3, 0.4) is 0 Å². The van der Waals surface area contributed by atoms with Gasteiger partial charge >= 0.3 is 0 Å². The predicted octanol–water partition coefficient (Wildman–Crippen LogP) is 1.06. The number of amides is 1. The molecule has 1 atom stereocenters. The molecule has 112 valence electrons. The maximum Gasteiger partial charge on any atom is 0.239 e. The van der Waals surface area contributed by atoms with Crippen LogP contribution >= 0.6 is 11.8 Å². The Hall–Kier alpha value is -1.37. The van der Waals surface area contributed by atoms with Crippen molar-refractivity contribution < 1.29 is 14.7 Å². The molecular formula is C13H20N3O3S-. The molecule has 0 aromatic heterocycles. The third-order valence-electron chi connectivity index (χ3n) is 2.83. The Morgan fingerprint density at radius 3 is 2.80 bits per heavy atom. The molecule has 20 heavy (non-hydrogen) atoms. The first-order valence-corrected chi connectivity index (χ1v) is 7.69. The van der Waals surface area contributed by atoms with Gasteiger partial charge in [-0.1, -0.05) is 37.9 Å². The van der Waals surface area contributed by atoms with Gasteiger partial charge in [0.05, 0.1) is 5.25 Å². The van der Waals surface area contributed by atoms with Crippen molar-refractivity contribution in [1.29, 1.82) is 0 Å². The van der Waals surface area contributed by atoms with Crippen LogP contribution < -0.4 is 10.4 Å². The zero-order valence-electron chi connectivity index (χ0n) is 11.8. The van der Waals surface area contributed by atoms with Gasteiger partial charge in [-0.05, 0) is 19.8 Å². The molecule has 1 N–H and O–H groups in total. The van der Waals surface area contributed by atoms with E-state index in [0.29, 0.717) is 5.17 Å². The number of nitrogens with one attached hydrogen (secondary N) is 1. The molecular weight excluding hydrogens is 278 g/mol. The molecule has 1 amide bonds. The van der Waals surface area contributed by atoms with Gasteiger partial charge in [-0.25, -0.2) is 0 Å². The number of rotatable bonds is 8. The number of hydrogen-bond acceptors (Lipinski definition) is 6. The molecule has 0 aromatic carbocycles. The van der Waals surface area contributed by atoms with Crippen LogP contribution in [0.5, 0.6) is 0 Å². The van der Waals surface area contributed by atoms with E-state index < -0.39 is 11.2 Å². The van der Waals surface area contributed by atoms with E-state index in [1.807, 2.05) is 6.92 Å². The summed E-state index contributed by atoms with van der Waals surface area (Å²) in [5.41, 5.74) is 0.909. The Kier molecular flexibility index (Phi) is 7.28. The lowest BCUT2D eigenvalue weighted by Gasteiger charge is -2.04. The minimum absolute atomic E-state index is 0.310. The Bertz CT molecular complexity index is 421. The molecule has 1 heterocycles. The molecule has 1 saturated heterocycles. The number of carbonyl (C=O) groups excluding carboxylic acids is 2. The standard InChI is InChI=1S/C13H21N3O3S/c1-3-4-5-6-7-9(2)15-16-13-14-12(19)10(20-13)8-11(17)18/h10H,3-8H2,1-2H3,(H,17,18)(H,14,16,19)/p-1/b15-9-/t10-/m0/s1. The number of thioether (sulfide) groups is 1. The number of hydrogen-bond donors (Lipinski definition) is 1. The molecule has 1 aliphatic rings. The average molecular weight is 298 g/mol. The van der Waals surface area contributed by atoms with Crippen molar-refractivity contribution in [1.82, 2.24) is 5.32 Å². The number of carboxylic acid groups (broad SMARTS) is 1. The summed E-state index contributed by atoms with van der Waals surface area (Å²) in [4.78, 5) is 21.9. The van der Waals surface area contributed by atoms with E-state index in [2.05, 4.69) is 22.4 Å². The minimum Gasteiger partial charge on any atom is -0.550 e. The van der Waals surface area contributed by atoms with Gasteiger partial charge in [0, 0.05) is 18.1 Å². The normalized spacial score (nSPS) is 21.3. The van der Waals surface area contributed by atoms with E-state index in [0.717, 1.165) is 30.3 Å². The van der Waals surface area contributed by atoms with Gasteiger partial charge in [0.25, 0.3) is 0 Å². The van der Waals surface area contributed by atoms with Crippen LogP contribution in [-0.4, -0.2) is 28.0 Å². The second-order valence-electron chi connectivity index (χ2n) is 4.72. The van der Waals surface area contributed by atoms with Crippen molar-refractivity contribution >= 4 is 34.5 Å². The molecule has 1 rings (SSSR count). The van der Waals surface area contributed by atoms with Gasteiger partial charge < -0.3 is 15.2 Å². The van der Waals surface area contributed by atoms with Gasteiger partial charge in [0.15, 0.2) is 5.17 Å². The lowest BCUT2D eigenvalue weighted by molar-refractivity contribution is -0.305. The molecule has 0 aliphatic carbocycles. The van der Waals surface area contributed by atoms with Crippen molar-refractivity contribution in [2.24, 2.45) is 10.2 Å². The van der Waals surface area contributed by atoms with Crippen LogP contribution in [0.1, 0.15) is 52.4 Å². The summed E-state index contributed by atoms with van der Waals surface area (Å²) in [5, 5.41) is 20.7. The predicted molar refractivity (Wildman–Crippen MR) is 78.4 cm³/mol. The van der Waals surface area contributed by atoms with Gasteiger partial charge in [-0.15, -0.1) is 5.10 Å². The maximum atomic E-state index is 11.5. The van der Waals surface area contributed by atoms with Crippen molar-refractivity contribution in [2.75, 3.05) is 0 Å². The fraction of sp³-hybridized carbons (Fsp3) is 0.692. The quantitative estimate of drug-likeness (QED) is 0.412. The fourth-order valence-corrected chi connectivity index (χ4v) is 2.63. The van der Waals surface area contributed by atoms with Crippen LogP contribution in [0.15, 0.2) is 10.2 Å². The molecule has 0 spiro atoms. The molecule has 0 aromatic rings. The van der Waals surface area contributed by atoms with E-state index >= 15 is 0 Å². The summed E-state index contributed by atoms with van der Waals surface area (Å²) in [7, 11) is 0. The highest BCUT2D eigenvalue weighted by atomic mass is 32.2. The highest BCUT2D eigenvalue weighted by Gasteiger charge is 2.30. The number of amidine groups is 1. The fourth-order valence-electron chi connectivity index (χ4n) is 1.73. The largest absolute Gasteiger partial charge is 0.550 e. The smallest absolute Gasteiger partial charge is 0.239 e. The molecule has 0 unspecified atom stereocenters. The summed E-state index contributed by atoms with van der Waals surface area (Å²) in [6, 6.07) is 0. The SMILES string of the molecule is CCCCCC/C(C)=N\N=C1\NC(=O)[C@H](CC(=O)[O-])S1. The van der Waals surface area contributed by atoms with Crippen LogP contribution in [0.2, 0.25) is 0 Å². The number of carbonyl (C=O) groups is 2. The average Bonchev–Trinajstić information content (AvgIpc) is 2.72. The molecule has 1 fully saturated rings. The van der Waals surface area contributed by atoms with Crippen molar-refractivity contribution in [3.05, 3.63) is 0 Å². The number of unbranched alkanes of at least 4 members (excludes halogenated alkanes) is 3. The van der Waals surface area contributed by atoms with Crippen LogP contribution in [0.4, 0.5) is 0 Å². The van der Waals surface area contributed by atoms with Gasteiger partial charge in [0.1, 0.15) is 0 Å². The highest BCUT2D eigenvalue weighted by Crippen LogP contribution is 2.22. The van der Waals surface area contributed by atoms with Crippen molar-refractivity contribution in [3.8, 4) is 0 Å². The number of carboxylic acids is 1. The van der Waals surface area contributed by atoms with Crippen LogP contribution in [0, 0.1) is 0 Å². The van der Waals surface area contributed by atoms with Gasteiger partial charge in [0.2, 0.25) is 5.91 Å². The third kappa shape index (κ3) is 6.18. The molecule has 1 aliphatic heterocycles. The van der Waals surface area contributed by atoms with E-state index in [-0.39, 0.29) is 12.3 Å². The summed E-state index contributed by atoms with van der Waals surface area (Å²) >= 11 is 1.08. The van der Waals surface area contributed by atoms with Crippen molar-refractivity contribution in [2.45, 2.75) is 57.6 Å². The Morgan fingerprint density at radius 1 is 1.40 bits per heavy atom. The second-order valence-corrected chi connectivity index (χ2v) is 5.91. The van der Waals surface area contributed by atoms with E-state index in [1.165, 1.54) is 19.3 Å². The molecule has 0 saturated carbocycles. The first kappa shape index (κ1) is 16.7. The molecule has 6 nitrogen and oxygen atoms in total. The summed E-state index contributed by atoms with van der Waals surface area (Å²) < 4.78 is 0. The summed E-state index contributed by atoms with van der Waals surface area (Å²) in [6.45, 7) is 4.06. The van der Waals surface area contributed by atoms with E-state index in [1.54, 1.807) is 0 Å². The monoisotopic (exact) mass is 298 g/mol. The molecule has 0 radical (unpaired) electrons. The van der Waals surface area contributed by atoms with Gasteiger partial charge in [-0.2, -0.15) is 5.10 Å². The second kappa shape index (κ2) is 8.73. The van der Waals surface area contributed by atoms with Crippen LogP contribution in [-0.2, 0) is 9.59 Å². The minimum atomic E-state index is -1.24. The molecule has 0 bridgehead atoms. The van der Waals surface area contributed by atoms with E-state index in [4.69, 9.17) is 0 Å².